The van der Waals surface area contributed by atoms with Gasteiger partial charge >= 0.3 is 37.7 Å². The normalized spacial score (nSPS) is 13.2. The van der Waals surface area contributed by atoms with E-state index in [1.165, 1.54) is 6.92 Å². The van der Waals surface area contributed by atoms with Crippen LogP contribution in [0.5, 0.6) is 5.88 Å². The Morgan fingerprint density at radius 2 is 2.14 bits per heavy atom. The van der Waals surface area contributed by atoms with E-state index in [0.717, 1.165) is 25.4 Å². The SMILES string of the molecule is [CH-]=C[C-]=N[C-]=C(C=[N-])c1cccnc1OC1CN(C(C)=O)C1.[CH2-]CNC[CH2-].[Li+].[Li+]. The first kappa shape index (κ1) is 29.6. The fourth-order valence-corrected chi connectivity index (χ4v) is 2.03. The van der Waals surface area contributed by atoms with Crippen LogP contribution in [0.15, 0.2) is 29.4 Å². The van der Waals surface area contributed by atoms with Gasteiger partial charge in [-0.3, -0.25) is 10.4 Å². The van der Waals surface area contributed by atoms with E-state index < -0.39 is 0 Å². The zero-order valence-electron chi connectivity index (χ0n) is 17.4. The van der Waals surface area contributed by atoms with E-state index in [0.29, 0.717) is 30.1 Å². The summed E-state index contributed by atoms with van der Waals surface area (Å²) in [4.78, 5) is 20.7. The van der Waals surface area contributed by atoms with Crippen molar-refractivity contribution in [3.05, 3.63) is 62.0 Å². The summed E-state index contributed by atoms with van der Waals surface area (Å²) in [7, 11) is 0. The van der Waals surface area contributed by atoms with E-state index in [4.69, 9.17) is 11.3 Å². The molecule has 1 N–H and O–H groups in total. The van der Waals surface area contributed by atoms with Gasteiger partial charge in [0.1, 0.15) is 12.0 Å². The average Bonchev–Trinajstić information content (AvgIpc) is 2.63. The second-order valence-electron chi connectivity index (χ2n) is 5.33. The summed E-state index contributed by atoms with van der Waals surface area (Å²) < 4.78 is 5.76. The van der Waals surface area contributed by atoms with Crippen molar-refractivity contribution in [2.24, 2.45) is 4.99 Å². The summed E-state index contributed by atoms with van der Waals surface area (Å²) in [6.45, 7) is 16.3. The van der Waals surface area contributed by atoms with Crippen molar-refractivity contribution in [2.75, 3.05) is 26.2 Å². The van der Waals surface area contributed by atoms with Crippen molar-refractivity contribution in [1.82, 2.24) is 15.2 Å². The van der Waals surface area contributed by atoms with Crippen LogP contribution < -0.4 is 47.8 Å². The maximum atomic E-state index is 11.2. The van der Waals surface area contributed by atoms with E-state index in [9.17, 15) is 10.2 Å². The Morgan fingerprint density at radius 3 is 2.62 bits per heavy atom. The summed E-state index contributed by atoms with van der Waals surface area (Å²) in [6, 6.07) is 3.43. The van der Waals surface area contributed by atoms with Gasteiger partial charge < -0.3 is 58.1 Å². The molecule has 2 rings (SSSR count). The average molecular weight is 379 g/mol. The zero-order valence-corrected chi connectivity index (χ0v) is 17.4. The molecule has 0 radical (unpaired) electrons. The molecule has 1 aromatic heterocycles. The quantitative estimate of drug-likeness (QED) is 0.281. The minimum absolute atomic E-state index is 0. The van der Waals surface area contributed by atoms with Crippen molar-refractivity contribution in [1.29, 1.82) is 0 Å². The topological polar surface area (TPSA) is 89.1 Å². The standard InChI is InChI=1S/C16H14N4O2.C4H9N.2Li/c1-3-6-18-9-13(8-17)15-5-4-7-19-16(15)22-14-10-20(11-14)12(2)21;1-3-5-4-2;;/h1,3-5,7-8,14H,10-11H2,2H3;5H,1-4H2;;/q-4;-2;2*+1. The minimum Gasteiger partial charge on any atom is -0.911 e. The van der Waals surface area contributed by atoms with Gasteiger partial charge in [0.25, 0.3) is 0 Å². The molecule has 0 aromatic carbocycles. The number of rotatable bonds is 8. The largest absolute Gasteiger partial charge is 1.00 e. The fourth-order valence-electron chi connectivity index (χ4n) is 2.03. The molecule has 146 valence electrons. The van der Waals surface area contributed by atoms with Gasteiger partial charge in [0.05, 0.1) is 13.1 Å². The Kier molecular flexibility index (Phi) is 17.6. The van der Waals surface area contributed by atoms with E-state index >= 15 is 0 Å². The number of allylic oxidation sites excluding steroid dienone is 2. The molecule has 29 heavy (non-hydrogen) atoms. The number of aliphatic imine (C=N–C) groups is 1. The van der Waals surface area contributed by atoms with Gasteiger partial charge in [-0.25, -0.2) is 4.98 Å². The summed E-state index contributed by atoms with van der Waals surface area (Å²) >= 11 is 0. The van der Waals surface area contributed by atoms with Crippen molar-refractivity contribution in [2.45, 2.75) is 13.0 Å². The van der Waals surface area contributed by atoms with Gasteiger partial charge in [-0.1, -0.05) is 6.07 Å². The molecule has 1 amide bonds. The van der Waals surface area contributed by atoms with E-state index in [1.54, 1.807) is 23.2 Å². The number of carbonyl (C=O) groups excluding carboxylic acids is 1. The van der Waals surface area contributed by atoms with Crippen molar-refractivity contribution < 1.29 is 47.3 Å². The third-order valence-electron chi connectivity index (χ3n) is 3.43. The summed E-state index contributed by atoms with van der Waals surface area (Å²) in [5.41, 5.74) is 0.828. The molecule has 0 atom stereocenters. The fraction of sp³-hybridized carbons (Fsp3) is 0.300. The Balaban J connectivity index is 0. The van der Waals surface area contributed by atoms with Crippen molar-refractivity contribution >= 4 is 23.9 Å². The second-order valence-corrected chi connectivity index (χ2v) is 5.33. The molecule has 0 bridgehead atoms. The maximum Gasteiger partial charge on any atom is 1.00 e. The molecule has 1 aliphatic heterocycles. The Hall–Kier alpha value is -1.61. The first-order valence-electron chi connectivity index (χ1n) is 8.33. The van der Waals surface area contributed by atoms with Crippen LogP contribution in [-0.2, 0) is 4.79 Å². The molecular weight excluding hydrogens is 356 g/mol. The van der Waals surface area contributed by atoms with E-state index in [2.05, 4.69) is 41.6 Å². The van der Waals surface area contributed by atoms with Crippen LogP contribution in [0.2, 0.25) is 0 Å². The summed E-state index contributed by atoms with van der Waals surface area (Å²) in [5, 5.41) is 12.2. The van der Waals surface area contributed by atoms with Gasteiger partial charge in [-0.05, 0) is 0 Å². The number of pyridine rings is 1. The number of hydrogen-bond acceptors (Lipinski definition) is 5. The van der Waals surface area contributed by atoms with E-state index in [1.807, 2.05) is 0 Å². The van der Waals surface area contributed by atoms with Crippen LogP contribution in [0.4, 0.5) is 0 Å². The number of aromatic nitrogens is 1. The first-order chi connectivity index (χ1) is 13.1. The van der Waals surface area contributed by atoms with Crippen LogP contribution in [-0.4, -0.2) is 60.5 Å². The van der Waals surface area contributed by atoms with Crippen LogP contribution in [0.1, 0.15) is 12.5 Å². The molecule has 0 unspecified atom stereocenters. The Morgan fingerprint density at radius 1 is 1.48 bits per heavy atom. The monoisotopic (exact) mass is 379 g/mol. The number of likely N-dealkylation sites (tertiary alicyclic amines) is 1. The predicted molar refractivity (Wildman–Crippen MR) is 107 cm³/mol. The van der Waals surface area contributed by atoms with Crippen molar-refractivity contribution in [3.8, 4) is 5.88 Å². The third kappa shape index (κ3) is 10.7. The molecule has 0 aliphatic carbocycles. The maximum absolute atomic E-state index is 11.2. The van der Waals surface area contributed by atoms with Gasteiger partial charge in [0, 0.05) is 13.1 Å². The molecule has 1 aliphatic rings. The minimum atomic E-state index is -0.120. The van der Waals surface area contributed by atoms with Gasteiger partial charge in [0.15, 0.2) is 0 Å². The number of amides is 1. The Bertz CT molecular complexity index is 687. The molecule has 1 fully saturated rings. The third-order valence-corrected chi connectivity index (χ3v) is 3.43. The molecule has 1 aromatic rings. The first-order valence-corrected chi connectivity index (χ1v) is 8.33. The van der Waals surface area contributed by atoms with Crippen LogP contribution in [0, 0.1) is 26.6 Å². The molecule has 0 spiro atoms. The zero-order chi connectivity index (χ0) is 20.1. The van der Waals surface area contributed by atoms with Crippen molar-refractivity contribution in [3.63, 3.8) is 0 Å². The second kappa shape index (κ2) is 17.3. The van der Waals surface area contributed by atoms with E-state index in [-0.39, 0.29) is 49.7 Å². The van der Waals surface area contributed by atoms with Crippen LogP contribution in [0.3, 0.4) is 0 Å². The number of hydrogen-bond donors (Lipinski definition) is 1. The summed E-state index contributed by atoms with van der Waals surface area (Å²) in [6.07, 6.45) is 8.43. The number of ether oxygens (including phenoxy) is 1. The molecule has 2 heterocycles. The molecule has 9 heteroatoms. The molecule has 7 nitrogen and oxygen atoms in total. The Labute approximate surface area is 198 Å². The molecule has 0 saturated carbocycles. The van der Waals surface area contributed by atoms with Crippen LogP contribution in [0.25, 0.3) is 11.0 Å². The number of nitrogens with one attached hydrogen (secondary N) is 1. The van der Waals surface area contributed by atoms with Gasteiger partial charge in [-0.15, -0.1) is 24.7 Å². The molecule has 1 saturated heterocycles. The molecular formula is C20H23Li2N5O2-4. The smallest absolute Gasteiger partial charge is 0.911 e. The number of nitrogens with zero attached hydrogens (tertiary/aromatic N) is 4. The summed E-state index contributed by atoms with van der Waals surface area (Å²) in [5.74, 6) is 0.358. The van der Waals surface area contributed by atoms with Crippen LogP contribution >= 0.6 is 0 Å². The number of carbonyl (C=O) groups is 1. The van der Waals surface area contributed by atoms with Gasteiger partial charge in [0.2, 0.25) is 5.91 Å². The predicted octanol–water partition coefficient (Wildman–Crippen LogP) is -4.34. The van der Waals surface area contributed by atoms with Gasteiger partial charge in [-0.2, -0.15) is 12.4 Å².